The van der Waals surface area contributed by atoms with Crippen LogP contribution in [0.3, 0.4) is 0 Å². The molecule has 0 spiro atoms. The van der Waals surface area contributed by atoms with E-state index in [9.17, 15) is 9.90 Å². The standard InChI is InChI=1S/C15H15NO3/c1-10-5-13(17)8-14(6-10)19-9-11-3-2-4-12(7-11)15(16)18/h2-8,17H,9H2,1H3,(H2,16,18). The van der Waals surface area contributed by atoms with Crippen molar-refractivity contribution >= 4 is 5.91 Å². The van der Waals surface area contributed by atoms with E-state index in [0.717, 1.165) is 11.1 Å². The van der Waals surface area contributed by atoms with E-state index in [-0.39, 0.29) is 5.75 Å². The van der Waals surface area contributed by atoms with Crippen molar-refractivity contribution in [2.75, 3.05) is 0 Å². The van der Waals surface area contributed by atoms with Gasteiger partial charge in [0.05, 0.1) is 0 Å². The van der Waals surface area contributed by atoms with Crippen molar-refractivity contribution < 1.29 is 14.6 Å². The van der Waals surface area contributed by atoms with Crippen LogP contribution in [0, 0.1) is 6.92 Å². The summed E-state index contributed by atoms with van der Waals surface area (Å²) in [5.41, 5.74) is 7.43. The summed E-state index contributed by atoms with van der Waals surface area (Å²) in [6.07, 6.45) is 0. The van der Waals surface area contributed by atoms with E-state index < -0.39 is 5.91 Å². The number of carbonyl (C=O) groups is 1. The molecule has 0 aromatic heterocycles. The summed E-state index contributed by atoms with van der Waals surface area (Å²) < 4.78 is 5.58. The number of aryl methyl sites for hydroxylation is 1. The molecule has 0 saturated heterocycles. The van der Waals surface area contributed by atoms with Crippen LogP contribution in [0.25, 0.3) is 0 Å². The second-order valence-electron chi connectivity index (χ2n) is 4.36. The van der Waals surface area contributed by atoms with E-state index in [1.165, 1.54) is 0 Å². The lowest BCUT2D eigenvalue weighted by Crippen LogP contribution is -2.11. The molecule has 0 unspecified atom stereocenters. The van der Waals surface area contributed by atoms with Gasteiger partial charge in [0.15, 0.2) is 0 Å². The highest BCUT2D eigenvalue weighted by Crippen LogP contribution is 2.22. The first-order valence-corrected chi connectivity index (χ1v) is 5.87. The minimum Gasteiger partial charge on any atom is -0.508 e. The molecular formula is C15H15NO3. The Balaban J connectivity index is 2.10. The zero-order valence-electron chi connectivity index (χ0n) is 10.6. The van der Waals surface area contributed by atoms with Crippen molar-refractivity contribution in [1.29, 1.82) is 0 Å². The molecule has 1 amide bonds. The maximum atomic E-state index is 11.1. The lowest BCUT2D eigenvalue weighted by atomic mass is 10.1. The molecule has 0 heterocycles. The van der Waals surface area contributed by atoms with Crippen LogP contribution in [0.2, 0.25) is 0 Å². The molecule has 4 heteroatoms. The second kappa shape index (κ2) is 5.44. The minimum atomic E-state index is -0.463. The average molecular weight is 257 g/mol. The molecule has 0 aliphatic heterocycles. The summed E-state index contributed by atoms with van der Waals surface area (Å²) in [6, 6.07) is 12.0. The number of hydrogen-bond acceptors (Lipinski definition) is 3. The summed E-state index contributed by atoms with van der Waals surface area (Å²) in [4.78, 5) is 11.1. The lowest BCUT2D eigenvalue weighted by molar-refractivity contribution is 0.1000. The molecule has 19 heavy (non-hydrogen) atoms. The topological polar surface area (TPSA) is 72.6 Å². The molecule has 0 radical (unpaired) electrons. The van der Waals surface area contributed by atoms with Crippen LogP contribution in [0.4, 0.5) is 0 Å². The predicted octanol–water partition coefficient (Wildman–Crippen LogP) is 2.38. The highest BCUT2D eigenvalue weighted by atomic mass is 16.5. The van der Waals surface area contributed by atoms with Crippen LogP contribution in [0.5, 0.6) is 11.5 Å². The van der Waals surface area contributed by atoms with Gasteiger partial charge < -0.3 is 15.6 Å². The molecular weight excluding hydrogens is 242 g/mol. The molecule has 2 aromatic carbocycles. The van der Waals surface area contributed by atoms with Gasteiger partial charge in [-0.1, -0.05) is 12.1 Å². The van der Waals surface area contributed by atoms with E-state index in [0.29, 0.717) is 17.9 Å². The fraction of sp³-hybridized carbons (Fsp3) is 0.133. The van der Waals surface area contributed by atoms with Crippen molar-refractivity contribution in [3.63, 3.8) is 0 Å². The zero-order chi connectivity index (χ0) is 13.8. The van der Waals surface area contributed by atoms with Gasteiger partial charge in [-0.25, -0.2) is 0 Å². The Morgan fingerprint density at radius 1 is 1.26 bits per heavy atom. The maximum Gasteiger partial charge on any atom is 0.248 e. The minimum absolute atomic E-state index is 0.167. The van der Waals surface area contributed by atoms with Gasteiger partial charge in [0, 0.05) is 11.6 Å². The van der Waals surface area contributed by atoms with Gasteiger partial charge in [-0.15, -0.1) is 0 Å². The molecule has 0 aliphatic rings. The largest absolute Gasteiger partial charge is 0.508 e. The fourth-order valence-corrected chi connectivity index (χ4v) is 1.79. The van der Waals surface area contributed by atoms with Gasteiger partial charge in [0.25, 0.3) is 0 Å². The Labute approximate surface area is 111 Å². The normalized spacial score (nSPS) is 10.2. The van der Waals surface area contributed by atoms with E-state index in [4.69, 9.17) is 10.5 Å². The molecule has 0 saturated carbocycles. The first-order chi connectivity index (χ1) is 9.04. The number of phenols is 1. The van der Waals surface area contributed by atoms with E-state index >= 15 is 0 Å². The Morgan fingerprint density at radius 3 is 2.74 bits per heavy atom. The summed E-state index contributed by atoms with van der Waals surface area (Å²) in [5, 5.41) is 9.47. The zero-order valence-corrected chi connectivity index (χ0v) is 10.6. The number of benzene rings is 2. The van der Waals surface area contributed by atoms with Gasteiger partial charge in [-0.05, 0) is 42.3 Å². The fourth-order valence-electron chi connectivity index (χ4n) is 1.79. The number of hydrogen-bond donors (Lipinski definition) is 2. The Kier molecular flexibility index (Phi) is 3.71. The molecule has 2 rings (SSSR count). The molecule has 2 aromatic rings. The SMILES string of the molecule is Cc1cc(O)cc(OCc2cccc(C(N)=O)c2)c1. The third-order valence-electron chi connectivity index (χ3n) is 2.65. The molecule has 0 fully saturated rings. The summed E-state index contributed by atoms with van der Waals surface area (Å²) >= 11 is 0. The summed E-state index contributed by atoms with van der Waals surface area (Å²) in [6.45, 7) is 2.18. The van der Waals surface area contributed by atoms with Gasteiger partial charge in [-0.3, -0.25) is 4.79 Å². The number of rotatable bonds is 4. The highest BCUT2D eigenvalue weighted by molar-refractivity contribution is 5.92. The van der Waals surface area contributed by atoms with Crippen LogP contribution in [0.15, 0.2) is 42.5 Å². The second-order valence-corrected chi connectivity index (χ2v) is 4.36. The van der Waals surface area contributed by atoms with Crippen molar-refractivity contribution in [3.8, 4) is 11.5 Å². The quantitative estimate of drug-likeness (QED) is 0.883. The summed E-state index contributed by atoms with van der Waals surface area (Å²) in [7, 11) is 0. The van der Waals surface area contributed by atoms with Gasteiger partial charge >= 0.3 is 0 Å². The average Bonchev–Trinajstić information content (AvgIpc) is 2.35. The molecule has 98 valence electrons. The Hall–Kier alpha value is -2.49. The van der Waals surface area contributed by atoms with Crippen molar-refractivity contribution in [3.05, 3.63) is 59.2 Å². The van der Waals surface area contributed by atoms with Crippen molar-refractivity contribution in [1.82, 2.24) is 0 Å². The van der Waals surface area contributed by atoms with Crippen LogP contribution < -0.4 is 10.5 Å². The highest BCUT2D eigenvalue weighted by Gasteiger charge is 2.03. The number of phenolic OH excluding ortho intramolecular Hbond substituents is 1. The lowest BCUT2D eigenvalue weighted by Gasteiger charge is -2.08. The maximum absolute atomic E-state index is 11.1. The number of amides is 1. The van der Waals surface area contributed by atoms with E-state index in [1.807, 2.05) is 19.1 Å². The number of ether oxygens (including phenoxy) is 1. The molecule has 0 atom stereocenters. The Morgan fingerprint density at radius 2 is 2.05 bits per heavy atom. The number of primary amides is 1. The smallest absolute Gasteiger partial charge is 0.248 e. The molecule has 4 nitrogen and oxygen atoms in total. The third-order valence-corrected chi connectivity index (χ3v) is 2.65. The van der Waals surface area contributed by atoms with Crippen molar-refractivity contribution in [2.45, 2.75) is 13.5 Å². The number of nitrogens with two attached hydrogens (primary N) is 1. The van der Waals surface area contributed by atoms with Gasteiger partial charge in [0.2, 0.25) is 5.91 Å². The van der Waals surface area contributed by atoms with Crippen LogP contribution in [0.1, 0.15) is 21.5 Å². The summed E-state index contributed by atoms with van der Waals surface area (Å²) in [5.74, 6) is 0.290. The molecule has 0 bridgehead atoms. The van der Waals surface area contributed by atoms with Crippen molar-refractivity contribution in [2.24, 2.45) is 5.73 Å². The van der Waals surface area contributed by atoms with E-state index in [2.05, 4.69) is 0 Å². The van der Waals surface area contributed by atoms with Crippen LogP contribution in [-0.4, -0.2) is 11.0 Å². The van der Waals surface area contributed by atoms with Crippen LogP contribution >= 0.6 is 0 Å². The predicted molar refractivity (Wildman–Crippen MR) is 72.1 cm³/mol. The van der Waals surface area contributed by atoms with E-state index in [1.54, 1.807) is 30.3 Å². The first-order valence-electron chi connectivity index (χ1n) is 5.87. The first kappa shape index (κ1) is 13.0. The Bertz CT molecular complexity index is 588. The number of carbonyl (C=O) groups excluding carboxylic acids is 1. The number of aromatic hydroxyl groups is 1. The molecule has 3 N–H and O–H groups in total. The molecule has 0 aliphatic carbocycles. The van der Waals surface area contributed by atoms with Gasteiger partial charge in [-0.2, -0.15) is 0 Å². The van der Waals surface area contributed by atoms with Crippen LogP contribution in [-0.2, 0) is 6.61 Å². The van der Waals surface area contributed by atoms with Gasteiger partial charge in [0.1, 0.15) is 18.1 Å². The monoisotopic (exact) mass is 257 g/mol. The third kappa shape index (κ3) is 3.48.